The number of hydrogen-bond acceptors (Lipinski definition) is 5. The molecule has 4 N–H and O–H groups in total. The molecule has 27 heavy (non-hydrogen) atoms. The van der Waals surface area contributed by atoms with Crippen molar-refractivity contribution < 1.29 is 24.7 Å². The van der Waals surface area contributed by atoms with E-state index in [0.717, 1.165) is 12.8 Å². The molecule has 7 nitrogen and oxygen atoms in total. The van der Waals surface area contributed by atoms with Crippen LogP contribution in [0.15, 0.2) is 48.5 Å². The molecule has 0 aliphatic heterocycles. The van der Waals surface area contributed by atoms with E-state index in [-0.39, 0.29) is 23.3 Å². The molecule has 2 aromatic rings. The number of hydroxylamine groups is 1. The summed E-state index contributed by atoms with van der Waals surface area (Å²) in [6, 6.07) is 13.1. The van der Waals surface area contributed by atoms with E-state index in [2.05, 4.69) is 5.32 Å². The number of carbonyl (C=O) groups excluding carboxylic acids is 2. The van der Waals surface area contributed by atoms with E-state index >= 15 is 0 Å². The minimum atomic E-state index is -1.14. The summed E-state index contributed by atoms with van der Waals surface area (Å²) in [4.78, 5) is 35.2. The number of aromatic carboxylic acids is 1. The maximum atomic E-state index is 12.9. The minimum absolute atomic E-state index is 0.0283. The highest BCUT2D eigenvalue weighted by Crippen LogP contribution is 2.21. The van der Waals surface area contributed by atoms with Crippen LogP contribution in [-0.4, -0.2) is 34.5 Å². The summed E-state index contributed by atoms with van der Waals surface area (Å²) in [6.45, 7) is 0.603. The van der Waals surface area contributed by atoms with Crippen molar-refractivity contribution >= 4 is 23.3 Å². The van der Waals surface area contributed by atoms with Crippen LogP contribution in [0.4, 0.5) is 5.69 Å². The molecular weight excluding hydrogens is 348 g/mol. The fourth-order valence-corrected chi connectivity index (χ4v) is 2.71. The van der Waals surface area contributed by atoms with E-state index in [1.54, 1.807) is 41.9 Å². The molecule has 0 heterocycles. The van der Waals surface area contributed by atoms with Crippen molar-refractivity contribution in [1.29, 1.82) is 0 Å². The van der Waals surface area contributed by atoms with Gasteiger partial charge in [0.1, 0.15) is 0 Å². The first-order chi connectivity index (χ1) is 13.0. The van der Waals surface area contributed by atoms with Gasteiger partial charge in [0.25, 0.3) is 0 Å². The molecule has 0 atom stereocenters. The van der Waals surface area contributed by atoms with Crippen molar-refractivity contribution in [1.82, 2.24) is 5.48 Å². The van der Waals surface area contributed by atoms with Gasteiger partial charge in [0.05, 0.1) is 5.56 Å². The zero-order chi connectivity index (χ0) is 19.6. The van der Waals surface area contributed by atoms with Crippen molar-refractivity contribution in [2.75, 3.05) is 11.9 Å². The lowest BCUT2D eigenvalue weighted by molar-refractivity contribution is -0.129. The summed E-state index contributed by atoms with van der Waals surface area (Å²) < 4.78 is 0. The van der Waals surface area contributed by atoms with Gasteiger partial charge < -0.3 is 10.4 Å². The molecule has 0 aromatic heterocycles. The average molecular weight is 370 g/mol. The second-order valence-corrected chi connectivity index (χ2v) is 6.00. The maximum absolute atomic E-state index is 12.9. The maximum Gasteiger partial charge on any atom is 0.336 e. The molecule has 0 aliphatic rings. The SMILES string of the molecule is O=C(CCCCCNc1ccccc1C(=O)c1ccccc1C(=O)O)NO. The van der Waals surface area contributed by atoms with Crippen molar-refractivity contribution in [3.63, 3.8) is 0 Å². The van der Waals surface area contributed by atoms with Crippen LogP contribution in [0.25, 0.3) is 0 Å². The molecule has 1 amide bonds. The van der Waals surface area contributed by atoms with Gasteiger partial charge in [-0.15, -0.1) is 0 Å². The van der Waals surface area contributed by atoms with Crippen LogP contribution in [0, 0.1) is 0 Å². The number of ketones is 1. The quantitative estimate of drug-likeness (QED) is 0.221. The van der Waals surface area contributed by atoms with Gasteiger partial charge >= 0.3 is 5.97 Å². The highest BCUT2D eigenvalue weighted by atomic mass is 16.5. The Hall–Kier alpha value is -3.19. The predicted molar refractivity (Wildman–Crippen MR) is 100 cm³/mol. The topological polar surface area (TPSA) is 116 Å². The Morgan fingerprint density at radius 2 is 1.44 bits per heavy atom. The number of benzene rings is 2. The van der Waals surface area contributed by atoms with Gasteiger partial charge in [-0.2, -0.15) is 0 Å². The molecule has 0 saturated carbocycles. The van der Waals surface area contributed by atoms with Crippen LogP contribution in [0.3, 0.4) is 0 Å². The Kier molecular flexibility index (Phi) is 7.51. The summed E-state index contributed by atoms with van der Waals surface area (Å²) in [6.07, 6.45) is 2.49. The Balaban J connectivity index is 2.02. The van der Waals surface area contributed by atoms with Crippen molar-refractivity contribution in [2.24, 2.45) is 0 Å². The molecule has 7 heteroatoms. The predicted octanol–water partition coefficient (Wildman–Crippen LogP) is 3.09. The third-order valence-electron chi connectivity index (χ3n) is 4.09. The summed E-state index contributed by atoms with van der Waals surface area (Å²) in [5.41, 5.74) is 2.76. The minimum Gasteiger partial charge on any atom is -0.478 e. The van der Waals surface area contributed by atoms with Gasteiger partial charge in [0, 0.05) is 29.8 Å². The lowest BCUT2D eigenvalue weighted by atomic mass is 9.97. The fraction of sp³-hybridized carbons (Fsp3) is 0.250. The number of amides is 1. The zero-order valence-electron chi connectivity index (χ0n) is 14.8. The molecule has 2 rings (SSSR count). The first-order valence-electron chi connectivity index (χ1n) is 8.67. The van der Waals surface area contributed by atoms with E-state index < -0.39 is 11.9 Å². The third kappa shape index (κ3) is 5.65. The van der Waals surface area contributed by atoms with Crippen LogP contribution in [0.5, 0.6) is 0 Å². The normalized spacial score (nSPS) is 10.3. The largest absolute Gasteiger partial charge is 0.478 e. The third-order valence-corrected chi connectivity index (χ3v) is 4.09. The Morgan fingerprint density at radius 3 is 2.11 bits per heavy atom. The number of hydrogen-bond donors (Lipinski definition) is 4. The number of unbranched alkanes of at least 4 members (excludes halogenated alkanes) is 2. The van der Waals surface area contributed by atoms with E-state index in [9.17, 15) is 19.5 Å². The van der Waals surface area contributed by atoms with E-state index in [4.69, 9.17) is 5.21 Å². The van der Waals surface area contributed by atoms with Crippen LogP contribution >= 0.6 is 0 Å². The van der Waals surface area contributed by atoms with Gasteiger partial charge in [0.2, 0.25) is 5.91 Å². The van der Waals surface area contributed by atoms with Crippen molar-refractivity contribution in [2.45, 2.75) is 25.7 Å². The van der Waals surface area contributed by atoms with Gasteiger partial charge in [-0.1, -0.05) is 36.8 Å². The molecule has 0 bridgehead atoms. The van der Waals surface area contributed by atoms with Crippen LogP contribution < -0.4 is 10.8 Å². The molecule has 0 radical (unpaired) electrons. The van der Waals surface area contributed by atoms with Crippen LogP contribution in [-0.2, 0) is 4.79 Å². The summed E-state index contributed by atoms with van der Waals surface area (Å²) in [7, 11) is 0. The standard InChI is InChI=1S/C20H22N2O5/c23-18(22-27)12-2-1-7-13-21-17-11-6-5-10-16(17)19(24)14-8-3-4-9-15(14)20(25)26/h3-6,8-11,21,27H,1-2,7,12-13H2,(H,22,23)(H,25,26). The van der Waals surface area contributed by atoms with Gasteiger partial charge in [-0.05, 0) is 31.0 Å². The number of anilines is 1. The lowest BCUT2D eigenvalue weighted by Gasteiger charge is -2.12. The first-order valence-corrected chi connectivity index (χ1v) is 8.67. The number of rotatable bonds is 10. The number of para-hydroxylation sites is 1. The fourth-order valence-electron chi connectivity index (χ4n) is 2.71. The molecule has 0 fully saturated rings. The van der Waals surface area contributed by atoms with Gasteiger partial charge in [0.15, 0.2) is 5.78 Å². The molecule has 0 saturated heterocycles. The molecule has 0 aliphatic carbocycles. The number of nitrogens with one attached hydrogen (secondary N) is 2. The lowest BCUT2D eigenvalue weighted by Crippen LogP contribution is -2.17. The molecule has 0 unspecified atom stereocenters. The summed E-state index contributed by atoms with van der Waals surface area (Å²) >= 11 is 0. The highest BCUT2D eigenvalue weighted by molar-refractivity contribution is 6.16. The van der Waals surface area contributed by atoms with Crippen LogP contribution in [0.2, 0.25) is 0 Å². The molecular formula is C20H22N2O5. The summed E-state index contributed by atoms with van der Waals surface area (Å²) in [5.74, 6) is -1.90. The number of carboxylic acids is 1. The Labute approximate surface area is 157 Å². The van der Waals surface area contributed by atoms with E-state index in [1.165, 1.54) is 12.1 Å². The average Bonchev–Trinajstić information content (AvgIpc) is 2.70. The number of carboxylic acid groups (broad SMARTS) is 1. The zero-order valence-corrected chi connectivity index (χ0v) is 14.8. The number of carbonyl (C=O) groups is 3. The molecule has 2 aromatic carbocycles. The van der Waals surface area contributed by atoms with Crippen LogP contribution in [0.1, 0.15) is 52.0 Å². The molecule has 0 spiro atoms. The highest BCUT2D eigenvalue weighted by Gasteiger charge is 2.19. The van der Waals surface area contributed by atoms with E-state index in [1.807, 2.05) is 0 Å². The van der Waals surface area contributed by atoms with E-state index in [0.29, 0.717) is 24.2 Å². The summed E-state index contributed by atoms with van der Waals surface area (Å²) in [5, 5.41) is 20.9. The monoisotopic (exact) mass is 370 g/mol. The first kappa shape index (κ1) is 20.1. The second-order valence-electron chi connectivity index (χ2n) is 6.00. The molecule has 142 valence electrons. The Bertz CT molecular complexity index is 820. The second kappa shape index (κ2) is 10.1. The van der Waals surface area contributed by atoms with Gasteiger partial charge in [-0.25, -0.2) is 10.3 Å². The van der Waals surface area contributed by atoms with Crippen molar-refractivity contribution in [3.8, 4) is 0 Å². The smallest absolute Gasteiger partial charge is 0.336 e. The van der Waals surface area contributed by atoms with Gasteiger partial charge in [-0.3, -0.25) is 14.8 Å². The van der Waals surface area contributed by atoms with Crippen molar-refractivity contribution in [3.05, 3.63) is 65.2 Å². The Morgan fingerprint density at radius 1 is 0.815 bits per heavy atom.